The molecule has 0 fully saturated rings. The first kappa shape index (κ1) is 12.5. The molecule has 0 aromatic heterocycles. The van der Waals surface area contributed by atoms with Gasteiger partial charge >= 0.3 is 98.8 Å². The maximum atomic E-state index is 6.04. The molecule has 1 aromatic rings. The number of aryl methyl sites for hydroxylation is 1. The molecule has 0 bridgehead atoms. The summed E-state index contributed by atoms with van der Waals surface area (Å²) in [6, 6.07) is 8.53. The van der Waals surface area contributed by atoms with Crippen LogP contribution in [0.2, 0.25) is 0 Å². The van der Waals surface area contributed by atoms with E-state index in [-0.39, 0.29) is 5.54 Å². The molecule has 0 aliphatic heterocycles. The summed E-state index contributed by atoms with van der Waals surface area (Å²) in [6.07, 6.45) is 3.12. The molecule has 0 amide bonds. The van der Waals surface area contributed by atoms with Crippen LogP contribution in [0.15, 0.2) is 35.3 Å². The third-order valence-electron chi connectivity index (χ3n) is 2.50. The van der Waals surface area contributed by atoms with Gasteiger partial charge in [0, 0.05) is 0 Å². The fraction of sp³-hybridized carbons (Fsp3) is 0.385. The van der Waals surface area contributed by atoms with Crippen LogP contribution in [-0.4, -0.2) is 20.5 Å². The van der Waals surface area contributed by atoms with E-state index in [1.54, 1.807) is 0 Å². The van der Waals surface area contributed by atoms with Gasteiger partial charge < -0.3 is 0 Å². The van der Waals surface area contributed by atoms with Gasteiger partial charge in [-0.25, -0.2) is 0 Å². The van der Waals surface area contributed by atoms with Crippen LogP contribution in [0, 0.1) is 6.92 Å². The van der Waals surface area contributed by atoms with Crippen molar-refractivity contribution >= 4 is 19.4 Å². The zero-order valence-electron chi connectivity index (χ0n) is 9.66. The van der Waals surface area contributed by atoms with Crippen molar-refractivity contribution < 1.29 is 0 Å². The Kier molecular flexibility index (Phi) is 4.59. The first-order valence-corrected chi connectivity index (χ1v) is 7.08. The van der Waals surface area contributed by atoms with Crippen LogP contribution in [-0.2, 0) is 0 Å². The van der Waals surface area contributed by atoms with Gasteiger partial charge in [0.05, 0.1) is 0 Å². The average molecular weight is 268 g/mol. The van der Waals surface area contributed by atoms with Gasteiger partial charge in [-0.15, -0.1) is 0 Å². The Morgan fingerprint density at radius 2 is 2.07 bits per heavy atom. The van der Waals surface area contributed by atoms with Crippen LogP contribution in [0.4, 0.5) is 0 Å². The second-order valence-corrected chi connectivity index (χ2v) is 6.03. The minimum absolute atomic E-state index is 0.148. The van der Waals surface area contributed by atoms with Gasteiger partial charge in [-0.05, 0) is 0 Å². The molecule has 0 radical (unpaired) electrons. The van der Waals surface area contributed by atoms with Crippen molar-refractivity contribution in [2.45, 2.75) is 32.7 Å². The number of hydrogen-bond donors (Lipinski definition) is 1. The molecular formula is C13H19NSe. The number of nitrogens with two attached hydrogens (primary N) is 1. The third kappa shape index (κ3) is 4.21. The molecule has 2 N–H and O–H groups in total. The standard InChI is InChI=1S/C13H19NSe/c1-4-13(3,14)9-10-15-12-8-6-5-7-11(12)2/h5-10H,4,14H2,1-3H3/b10-9+. The van der Waals surface area contributed by atoms with E-state index in [2.05, 4.69) is 56.1 Å². The number of rotatable bonds is 4. The van der Waals surface area contributed by atoms with Crippen molar-refractivity contribution in [3.63, 3.8) is 0 Å². The van der Waals surface area contributed by atoms with Crippen LogP contribution in [0.3, 0.4) is 0 Å². The molecule has 0 heterocycles. The molecule has 0 saturated heterocycles. The monoisotopic (exact) mass is 269 g/mol. The zero-order valence-corrected chi connectivity index (χ0v) is 11.4. The summed E-state index contributed by atoms with van der Waals surface area (Å²) in [6.45, 7) is 6.34. The normalized spacial score (nSPS) is 15.5. The van der Waals surface area contributed by atoms with Gasteiger partial charge in [-0.2, -0.15) is 0 Å². The van der Waals surface area contributed by atoms with Crippen molar-refractivity contribution in [1.82, 2.24) is 0 Å². The van der Waals surface area contributed by atoms with E-state index in [1.807, 2.05) is 0 Å². The number of hydrogen-bond acceptors (Lipinski definition) is 1. The minimum atomic E-state index is -0.148. The van der Waals surface area contributed by atoms with Crippen molar-refractivity contribution in [3.05, 3.63) is 40.9 Å². The summed E-state index contributed by atoms with van der Waals surface area (Å²) in [4.78, 5) is 2.23. The summed E-state index contributed by atoms with van der Waals surface area (Å²) >= 11 is 0.404. The van der Waals surface area contributed by atoms with Crippen molar-refractivity contribution in [2.75, 3.05) is 0 Å². The molecule has 1 aromatic carbocycles. The second-order valence-electron chi connectivity index (χ2n) is 4.05. The third-order valence-corrected chi connectivity index (χ3v) is 4.56. The molecule has 2 heteroatoms. The van der Waals surface area contributed by atoms with Gasteiger partial charge in [0.25, 0.3) is 0 Å². The average Bonchev–Trinajstić information content (AvgIpc) is 2.21. The van der Waals surface area contributed by atoms with Crippen LogP contribution in [0.25, 0.3) is 0 Å². The molecule has 0 spiro atoms. The Balaban J connectivity index is 2.62. The molecule has 82 valence electrons. The summed E-state index contributed by atoms with van der Waals surface area (Å²) in [7, 11) is 0. The van der Waals surface area contributed by atoms with E-state index in [0.29, 0.717) is 15.0 Å². The molecule has 0 aliphatic carbocycles. The van der Waals surface area contributed by atoms with E-state index in [1.165, 1.54) is 10.0 Å². The Bertz CT molecular complexity index is 342. The van der Waals surface area contributed by atoms with Gasteiger partial charge in [0.15, 0.2) is 0 Å². The molecule has 1 rings (SSSR count). The SMILES string of the molecule is CCC(C)(N)/C=C/[Se]c1ccccc1C. The molecule has 1 atom stereocenters. The van der Waals surface area contributed by atoms with E-state index < -0.39 is 0 Å². The van der Waals surface area contributed by atoms with E-state index in [0.717, 1.165) is 6.42 Å². The maximum absolute atomic E-state index is 6.04. The fourth-order valence-electron chi connectivity index (χ4n) is 1.07. The molecule has 0 saturated carbocycles. The van der Waals surface area contributed by atoms with Crippen molar-refractivity contribution in [2.24, 2.45) is 5.73 Å². The Labute approximate surface area is 98.9 Å². The topological polar surface area (TPSA) is 26.0 Å². The van der Waals surface area contributed by atoms with Gasteiger partial charge in [0.1, 0.15) is 0 Å². The first-order chi connectivity index (χ1) is 7.05. The van der Waals surface area contributed by atoms with E-state index >= 15 is 0 Å². The number of benzene rings is 1. The summed E-state index contributed by atoms with van der Waals surface area (Å²) in [5, 5.41) is 0. The second kappa shape index (κ2) is 5.50. The molecule has 15 heavy (non-hydrogen) atoms. The van der Waals surface area contributed by atoms with Gasteiger partial charge in [-0.3, -0.25) is 0 Å². The molecular weight excluding hydrogens is 249 g/mol. The predicted octanol–water partition coefficient (Wildman–Crippen LogP) is 1.97. The Hall–Kier alpha value is -0.561. The molecule has 0 aliphatic rings. The Morgan fingerprint density at radius 3 is 2.67 bits per heavy atom. The van der Waals surface area contributed by atoms with Gasteiger partial charge in [0.2, 0.25) is 0 Å². The van der Waals surface area contributed by atoms with Crippen molar-refractivity contribution in [3.8, 4) is 0 Å². The van der Waals surface area contributed by atoms with Crippen LogP contribution in [0.5, 0.6) is 0 Å². The molecule has 1 nitrogen and oxygen atoms in total. The summed E-state index contributed by atoms with van der Waals surface area (Å²) < 4.78 is 1.44. The molecule has 1 unspecified atom stereocenters. The predicted molar refractivity (Wildman–Crippen MR) is 68.6 cm³/mol. The van der Waals surface area contributed by atoms with Gasteiger partial charge in [-0.1, -0.05) is 0 Å². The Morgan fingerprint density at radius 1 is 1.40 bits per heavy atom. The zero-order chi connectivity index (χ0) is 11.3. The quantitative estimate of drug-likeness (QED) is 0.830. The van der Waals surface area contributed by atoms with Crippen molar-refractivity contribution in [1.29, 1.82) is 0 Å². The summed E-state index contributed by atoms with van der Waals surface area (Å²) in [5.74, 6) is 0. The fourth-order valence-corrected chi connectivity index (χ4v) is 3.03. The first-order valence-electron chi connectivity index (χ1n) is 5.24. The van der Waals surface area contributed by atoms with Crippen LogP contribution in [0.1, 0.15) is 25.8 Å². The summed E-state index contributed by atoms with van der Waals surface area (Å²) in [5.41, 5.74) is 7.27. The van der Waals surface area contributed by atoms with E-state index in [9.17, 15) is 0 Å². The van der Waals surface area contributed by atoms with E-state index in [4.69, 9.17) is 5.73 Å². The van der Waals surface area contributed by atoms with Crippen LogP contribution >= 0.6 is 0 Å². The van der Waals surface area contributed by atoms with Crippen LogP contribution < -0.4 is 10.2 Å².